The summed E-state index contributed by atoms with van der Waals surface area (Å²) in [6, 6.07) is 1.84. The van der Waals surface area contributed by atoms with Gasteiger partial charge in [0.15, 0.2) is 6.29 Å². The molecule has 0 saturated carbocycles. The molecule has 0 N–H and O–H groups in total. The average Bonchev–Trinajstić information content (AvgIpc) is 2.15. The summed E-state index contributed by atoms with van der Waals surface area (Å²) < 4.78 is 49.4. The van der Waals surface area contributed by atoms with E-state index in [1.165, 1.54) is 0 Å². The smallest absolute Gasteiger partial charge is 0.289 e. The van der Waals surface area contributed by atoms with Crippen LogP contribution in [0.25, 0.3) is 0 Å². The standard InChI is InChI=1S/C10H4F4O/c11-9-4-3-8(10(12,13)14)6-7(9)2-1-5-15/h3-6H. The molecule has 15 heavy (non-hydrogen) atoms. The van der Waals surface area contributed by atoms with Gasteiger partial charge in [-0.2, -0.15) is 13.2 Å². The molecule has 1 rings (SSSR count). The molecule has 0 amide bonds. The van der Waals surface area contributed by atoms with Crippen LogP contribution >= 0.6 is 0 Å². The van der Waals surface area contributed by atoms with Gasteiger partial charge >= 0.3 is 6.18 Å². The number of aldehydes is 1. The van der Waals surface area contributed by atoms with Crippen LogP contribution in [-0.2, 0) is 11.0 Å². The molecule has 1 aromatic rings. The van der Waals surface area contributed by atoms with E-state index in [1.54, 1.807) is 0 Å². The molecule has 0 saturated heterocycles. The quantitative estimate of drug-likeness (QED) is 0.369. The van der Waals surface area contributed by atoms with Crippen LogP contribution in [0.15, 0.2) is 18.2 Å². The van der Waals surface area contributed by atoms with Gasteiger partial charge in [-0.25, -0.2) is 4.39 Å². The third kappa shape index (κ3) is 2.81. The Hall–Kier alpha value is -1.83. The molecule has 0 radical (unpaired) electrons. The Balaban J connectivity index is 3.22. The third-order valence-electron chi connectivity index (χ3n) is 1.56. The molecule has 0 aliphatic carbocycles. The first kappa shape index (κ1) is 11.2. The second-order valence-corrected chi connectivity index (χ2v) is 2.58. The highest BCUT2D eigenvalue weighted by Crippen LogP contribution is 2.30. The van der Waals surface area contributed by atoms with Crippen molar-refractivity contribution in [1.82, 2.24) is 0 Å². The first-order chi connectivity index (χ1) is 6.95. The van der Waals surface area contributed by atoms with Crippen LogP contribution < -0.4 is 0 Å². The van der Waals surface area contributed by atoms with E-state index in [2.05, 4.69) is 0 Å². The van der Waals surface area contributed by atoms with Crippen molar-refractivity contribution in [2.24, 2.45) is 0 Å². The van der Waals surface area contributed by atoms with Crippen molar-refractivity contribution in [2.75, 3.05) is 0 Å². The largest absolute Gasteiger partial charge is 0.416 e. The van der Waals surface area contributed by atoms with Crippen LogP contribution in [-0.4, -0.2) is 6.29 Å². The van der Waals surface area contributed by atoms with Gasteiger partial charge in [-0.15, -0.1) is 0 Å². The second-order valence-electron chi connectivity index (χ2n) is 2.58. The van der Waals surface area contributed by atoms with Gasteiger partial charge in [-0.3, -0.25) is 4.79 Å². The zero-order valence-corrected chi connectivity index (χ0v) is 7.23. The lowest BCUT2D eigenvalue weighted by atomic mass is 10.1. The predicted octanol–water partition coefficient (Wildman–Crippen LogP) is 2.39. The highest BCUT2D eigenvalue weighted by atomic mass is 19.4. The van der Waals surface area contributed by atoms with Crippen LogP contribution in [0.2, 0.25) is 0 Å². The highest BCUT2D eigenvalue weighted by molar-refractivity contribution is 5.74. The summed E-state index contributed by atoms with van der Waals surface area (Å²) in [5.41, 5.74) is -1.45. The number of benzene rings is 1. The molecule has 0 spiro atoms. The minimum atomic E-state index is -4.55. The van der Waals surface area contributed by atoms with Gasteiger partial charge in [0.25, 0.3) is 0 Å². The molecular weight excluding hydrogens is 212 g/mol. The van der Waals surface area contributed by atoms with Crippen molar-refractivity contribution in [3.8, 4) is 11.8 Å². The summed E-state index contributed by atoms with van der Waals surface area (Å²) in [5, 5.41) is 0. The number of halogens is 4. The monoisotopic (exact) mass is 216 g/mol. The first-order valence-corrected chi connectivity index (χ1v) is 3.77. The lowest BCUT2D eigenvalue weighted by molar-refractivity contribution is -0.137. The van der Waals surface area contributed by atoms with Gasteiger partial charge in [0, 0.05) is 0 Å². The lowest BCUT2D eigenvalue weighted by Crippen LogP contribution is -2.05. The van der Waals surface area contributed by atoms with Gasteiger partial charge < -0.3 is 0 Å². The van der Waals surface area contributed by atoms with Crippen molar-refractivity contribution in [3.05, 3.63) is 35.1 Å². The van der Waals surface area contributed by atoms with Gasteiger partial charge in [0.05, 0.1) is 11.1 Å². The third-order valence-corrected chi connectivity index (χ3v) is 1.56. The van der Waals surface area contributed by atoms with Crippen LogP contribution in [0.5, 0.6) is 0 Å². The van der Waals surface area contributed by atoms with Crippen molar-refractivity contribution >= 4 is 6.29 Å². The van der Waals surface area contributed by atoms with Gasteiger partial charge in [-0.05, 0) is 24.1 Å². The molecule has 0 aliphatic heterocycles. The van der Waals surface area contributed by atoms with Crippen LogP contribution in [0, 0.1) is 17.7 Å². The molecule has 0 aromatic heterocycles. The number of hydrogen-bond donors (Lipinski definition) is 0. The zero-order valence-electron chi connectivity index (χ0n) is 7.23. The van der Waals surface area contributed by atoms with E-state index in [4.69, 9.17) is 0 Å². The van der Waals surface area contributed by atoms with E-state index in [9.17, 15) is 22.4 Å². The SMILES string of the molecule is O=CC#Cc1cc(C(F)(F)F)ccc1F. The average molecular weight is 216 g/mol. The number of carbonyl (C=O) groups excluding carboxylic acids is 1. The van der Waals surface area contributed by atoms with E-state index in [-0.39, 0.29) is 6.29 Å². The molecule has 0 aliphatic rings. The summed E-state index contributed by atoms with van der Waals surface area (Å²) in [4.78, 5) is 9.85. The summed E-state index contributed by atoms with van der Waals surface area (Å²) in [5.74, 6) is 2.94. The normalized spacial score (nSPS) is 10.4. The Morgan fingerprint density at radius 3 is 2.47 bits per heavy atom. The van der Waals surface area contributed by atoms with Gasteiger partial charge in [0.1, 0.15) is 5.82 Å². The number of carbonyl (C=O) groups is 1. The molecular formula is C10H4F4O. The molecule has 0 fully saturated rings. The maximum absolute atomic E-state index is 12.9. The van der Waals surface area contributed by atoms with Crippen LogP contribution in [0.4, 0.5) is 17.6 Å². The van der Waals surface area contributed by atoms with Gasteiger partial charge in [-0.1, -0.05) is 5.92 Å². The minimum Gasteiger partial charge on any atom is -0.289 e. The van der Waals surface area contributed by atoms with Gasteiger partial charge in [0.2, 0.25) is 0 Å². The van der Waals surface area contributed by atoms with Crippen LogP contribution in [0.3, 0.4) is 0 Å². The summed E-state index contributed by atoms with van der Waals surface area (Å²) in [7, 11) is 0. The fourth-order valence-electron chi connectivity index (χ4n) is 0.905. The second kappa shape index (κ2) is 4.13. The first-order valence-electron chi connectivity index (χ1n) is 3.77. The highest BCUT2D eigenvalue weighted by Gasteiger charge is 2.30. The molecule has 78 valence electrons. The van der Waals surface area contributed by atoms with Crippen molar-refractivity contribution < 1.29 is 22.4 Å². The Morgan fingerprint density at radius 2 is 1.93 bits per heavy atom. The molecule has 0 atom stereocenters. The Labute approximate surface area is 82.7 Å². The molecule has 0 unspecified atom stereocenters. The number of rotatable bonds is 0. The molecule has 0 heterocycles. The number of hydrogen-bond acceptors (Lipinski definition) is 1. The summed E-state index contributed by atoms with van der Waals surface area (Å²) >= 11 is 0. The fraction of sp³-hybridized carbons (Fsp3) is 0.100. The van der Waals surface area contributed by atoms with E-state index >= 15 is 0 Å². The molecule has 1 nitrogen and oxygen atoms in total. The van der Waals surface area contributed by atoms with Crippen molar-refractivity contribution in [1.29, 1.82) is 0 Å². The molecule has 1 aromatic carbocycles. The molecule has 0 bridgehead atoms. The van der Waals surface area contributed by atoms with Crippen molar-refractivity contribution in [2.45, 2.75) is 6.18 Å². The fourth-order valence-corrected chi connectivity index (χ4v) is 0.905. The van der Waals surface area contributed by atoms with E-state index in [0.717, 1.165) is 0 Å². The van der Waals surface area contributed by atoms with Crippen molar-refractivity contribution in [3.63, 3.8) is 0 Å². The lowest BCUT2D eigenvalue weighted by Gasteiger charge is -2.06. The number of alkyl halides is 3. The predicted molar refractivity (Wildman–Crippen MR) is 44.3 cm³/mol. The van der Waals surface area contributed by atoms with E-state index < -0.39 is 23.1 Å². The van der Waals surface area contributed by atoms with Crippen LogP contribution in [0.1, 0.15) is 11.1 Å². The van der Waals surface area contributed by atoms with E-state index in [0.29, 0.717) is 18.2 Å². The molecule has 5 heteroatoms. The topological polar surface area (TPSA) is 17.1 Å². The Kier molecular flexibility index (Phi) is 3.10. The Bertz CT molecular complexity index is 437. The summed E-state index contributed by atoms with van der Waals surface area (Å²) in [6.07, 6.45) is -4.37. The minimum absolute atomic E-state index is 0.180. The summed E-state index contributed by atoms with van der Waals surface area (Å²) in [6.45, 7) is 0. The maximum atomic E-state index is 12.9. The van der Waals surface area contributed by atoms with E-state index in [1.807, 2.05) is 11.8 Å². The zero-order chi connectivity index (χ0) is 11.5. The Morgan fingerprint density at radius 1 is 1.27 bits per heavy atom. The maximum Gasteiger partial charge on any atom is 0.416 e.